The molecule has 0 aromatic heterocycles. The van der Waals surface area contributed by atoms with Crippen LogP contribution in [0.3, 0.4) is 0 Å². The van der Waals surface area contributed by atoms with Crippen molar-refractivity contribution in [2.24, 2.45) is 0 Å². The van der Waals surface area contributed by atoms with Gasteiger partial charge in [-0.05, 0) is 18.6 Å². The van der Waals surface area contributed by atoms with Crippen LogP contribution in [0.15, 0.2) is 29.2 Å². The molecule has 86 valence electrons. The molecule has 1 aromatic rings. The third-order valence-electron chi connectivity index (χ3n) is 2.36. The van der Waals surface area contributed by atoms with Gasteiger partial charge in [-0.1, -0.05) is 19.1 Å². The standard InChI is InChI=1S/C12H15NO2S/c1-3-10(8-9-13)16(14)12-7-5-4-6-11(12)15-2/h4-7,10H,3,8H2,1-2H3. The number of hydrogen-bond acceptors (Lipinski definition) is 3. The molecule has 4 heteroatoms. The molecule has 0 saturated heterocycles. The lowest BCUT2D eigenvalue weighted by Gasteiger charge is -2.13. The van der Waals surface area contributed by atoms with Gasteiger partial charge in [0.2, 0.25) is 0 Å². The second-order valence-electron chi connectivity index (χ2n) is 3.34. The van der Waals surface area contributed by atoms with Crippen LogP contribution < -0.4 is 4.74 Å². The fraction of sp³-hybridized carbons (Fsp3) is 0.417. The first-order valence-corrected chi connectivity index (χ1v) is 6.36. The maximum Gasteiger partial charge on any atom is 0.134 e. The van der Waals surface area contributed by atoms with Gasteiger partial charge < -0.3 is 4.74 Å². The molecule has 0 bridgehead atoms. The van der Waals surface area contributed by atoms with Crippen molar-refractivity contribution in [1.82, 2.24) is 0 Å². The van der Waals surface area contributed by atoms with Gasteiger partial charge in [0.25, 0.3) is 0 Å². The normalized spacial score (nSPS) is 13.8. The summed E-state index contributed by atoms with van der Waals surface area (Å²) in [6.07, 6.45) is 1.03. The predicted octanol–water partition coefficient (Wildman–Crippen LogP) is 2.50. The number of methoxy groups -OCH3 is 1. The van der Waals surface area contributed by atoms with Gasteiger partial charge in [0, 0.05) is 6.42 Å². The minimum atomic E-state index is -1.18. The highest BCUT2D eigenvalue weighted by molar-refractivity contribution is 7.85. The highest BCUT2D eigenvalue weighted by Crippen LogP contribution is 2.25. The number of para-hydroxylation sites is 1. The molecule has 0 N–H and O–H groups in total. The number of benzene rings is 1. The summed E-state index contributed by atoms with van der Waals surface area (Å²) in [7, 11) is 0.377. The SMILES string of the molecule is CCC(CC#N)S(=O)c1ccccc1OC. The van der Waals surface area contributed by atoms with E-state index in [4.69, 9.17) is 10.00 Å². The summed E-state index contributed by atoms with van der Waals surface area (Å²) >= 11 is 0. The van der Waals surface area contributed by atoms with Crippen LogP contribution in [0.5, 0.6) is 5.75 Å². The highest BCUT2D eigenvalue weighted by Gasteiger charge is 2.19. The molecular formula is C12H15NO2S. The van der Waals surface area contributed by atoms with Crippen LogP contribution in [0.4, 0.5) is 0 Å². The van der Waals surface area contributed by atoms with E-state index in [0.717, 1.165) is 6.42 Å². The molecule has 0 aliphatic heterocycles. The first kappa shape index (κ1) is 12.7. The summed E-state index contributed by atoms with van der Waals surface area (Å²) in [6, 6.07) is 9.31. The van der Waals surface area contributed by atoms with Crippen molar-refractivity contribution in [3.8, 4) is 11.8 Å². The fourth-order valence-electron chi connectivity index (χ4n) is 1.44. The van der Waals surface area contributed by atoms with Gasteiger partial charge in [-0.2, -0.15) is 5.26 Å². The number of nitriles is 1. The first-order valence-electron chi connectivity index (χ1n) is 5.15. The summed E-state index contributed by atoms with van der Waals surface area (Å²) in [5.74, 6) is 0.622. The summed E-state index contributed by atoms with van der Waals surface area (Å²) < 4.78 is 17.4. The molecule has 0 amide bonds. The molecule has 0 heterocycles. The van der Waals surface area contributed by atoms with Gasteiger partial charge in [0.1, 0.15) is 5.75 Å². The third kappa shape index (κ3) is 2.83. The Balaban J connectivity index is 2.99. The molecule has 1 rings (SSSR count). The van der Waals surface area contributed by atoms with Crippen molar-refractivity contribution in [3.05, 3.63) is 24.3 Å². The molecule has 16 heavy (non-hydrogen) atoms. The average molecular weight is 237 g/mol. The predicted molar refractivity (Wildman–Crippen MR) is 63.7 cm³/mol. The summed E-state index contributed by atoms with van der Waals surface area (Å²) in [4.78, 5) is 0.673. The second kappa shape index (κ2) is 6.29. The summed E-state index contributed by atoms with van der Waals surface area (Å²) in [5, 5.41) is 8.55. The maximum absolute atomic E-state index is 12.2. The van der Waals surface area contributed by atoms with Crippen LogP contribution in [0, 0.1) is 11.3 Å². The maximum atomic E-state index is 12.2. The number of rotatable bonds is 5. The first-order chi connectivity index (χ1) is 7.74. The summed E-state index contributed by atoms with van der Waals surface area (Å²) in [5.41, 5.74) is 0. The van der Waals surface area contributed by atoms with Crippen molar-refractivity contribution >= 4 is 10.8 Å². The van der Waals surface area contributed by atoms with E-state index < -0.39 is 10.8 Å². The number of ether oxygens (including phenoxy) is 1. The van der Waals surface area contributed by atoms with Gasteiger partial charge in [-0.25, -0.2) is 0 Å². The van der Waals surface area contributed by atoms with Crippen LogP contribution in [0.2, 0.25) is 0 Å². The average Bonchev–Trinajstić information content (AvgIpc) is 2.35. The Labute approximate surface area is 98.5 Å². The lowest BCUT2D eigenvalue weighted by Crippen LogP contribution is -2.14. The summed E-state index contributed by atoms with van der Waals surface area (Å²) in [6.45, 7) is 1.94. The molecule has 0 aliphatic rings. The van der Waals surface area contributed by atoms with Gasteiger partial charge >= 0.3 is 0 Å². The lowest BCUT2D eigenvalue weighted by molar-refractivity contribution is 0.404. The Morgan fingerprint density at radius 1 is 1.50 bits per heavy atom. The van der Waals surface area contributed by atoms with Crippen LogP contribution in [-0.2, 0) is 10.8 Å². The van der Waals surface area contributed by atoms with E-state index in [9.17, 15) is 4.21 Å². The molecule has 0 spiro atoms. The van der Waals surface area contributed by atoms with Gasteiger partial charge in [0.05, 0.1) is 34.1 Å². The molecule has 0 fully saturated rings. The van der Waals surface area contributed by atoms with Gasteiger partial charge in [-0.3, -0.25) is 4.21 Å². The van der Waals surface area contributed by atoms with E-state index in [1.807, 2.05) is 19.1 Å². The van der Waals surface area contributed by atoms with E-state index in [1.54, 1.807) is 19.2 Å². The quantitative estimate of drug-likeness (QED) is 0.790. The second-order valence-corrected chi connectivity index (χ2v) is 5.04. The largest absolute Gasteiger partial charge is 0.495 e. The molecule has 0 aliphatic carbocycles. The Bertz CT molecular complexity index is 412. The smallest absolute Gasteiger partial charge is 0.134 e. The Kier molecular flexibility index (Phi) is 5.00. The zero-order chi connectivity index (χ0) is 12.0. The van der Waals surface area contributed by atoms with Crippen molar-refractivity contribution in [2.75, 3.05) is 7.11 Å². The van der Waals surface area contributed by atoms with Crippen molar-refractivity contribution < 1.29 is 8.95 Å². The zero-order valence-corrected chi connectivity index (χ0v) is 10.3. The van der Waals surface area contributed by atoms with Crippen LogP contribution >= 0.6 is 0 Å². The van der Waals surface area contributed by atoms with Crippen LogP contribution in [0.25, 0.3) is 0 Å². The monoisotopic (exact) mass is 237 g/mol. The molecule has 0 radical (unpaired) electrons. The van der Waals surface area contributed by atoms with Crippen molar-refractivity contribution in [3.63, 3.8) is 0 Å². The van der Waals surface area contributed by atoms with E-state index in [-0.39, 0.29) is 5.25 Å². The third-order valence-corrected chi connectivity index (χ3v) is 4.24. The Hall–Kier alpha value is -1.34. The van der Waals surface area contributed by atoms with Crippen molar-refractivity contribution in [2.45, 2.75) is 29.9 Å². The minimum Gasteiger partial charge on any atom is -0.495 e. The highest BCUT2D eigenvalue weighted by atomic mass is 32.2. The molecule has 3 nitrogen and oxygen atoms in total. The van der Waals surface area contributed by atoms with Crippen molar-refractivity contribution in [1.29, 1.82) is 5.26 Å². The van der Waals surface area contributed by atoms with E-state index in [1.165, 1.54) is 0 Å². The molecule has 0 saturated carbocycles. The number of nitrogens with zero attached hydrogens (tertiary/aromatic N) is 1. The minimum absolute atomic E-state index is 0.124. The van der Waals surface area contributed by atoms with Gasteiger partial charge in [-0.15, -0.1) is 0 Å². The molecular weight excluding hydrogens is 222 g/mol. The number of hydrogen-bond donors (Lipinski definition) is 0. The van der Waals surface area contributed by atoms with E-state index in [2.05, 4.69) is 6.07 Å². The Morgan fingerprint density at radius 3 is 2.75 bits per heavy atom. The van der Waals surface area contributed by atoms with Crippen LogP contribution in [0.1, 0.15) is 19.8 Å². The zero-order valence-electron chi connectivity index (χ0n) is 9.47. The van der Waals surface area contributed by atoms with E-state index >= 15 is 0 Å². The fourth-order valence-corrected chi connectivity index (χ4v) is 2.89. The molecule has 1 aromatic carbocycles. The molecule has 2 unspecified atom stereocenters. The van der Waals surface area contributed by atoms with Crippen LogP contribution in [-0.4, -0.2) is 16.6 Å². The lowest BCUT2D eigenvalue weighted by atomic mass is 10.3. The van der Waals surface area contributed by atoms with Gasteiger partial charge in [0.15, 0.2) is 0 Å². The Morgan fingerprint density at radius 2 is 2.19 bits per heavy atom. The molecule has 2 atom stereocenters. The topological polar surface area (TPSA) is 50.1 Å². The van der Waals surface area contributed by atoms with E-state index in [0.29, 0.717) is 17.1 Å².